The number of nitrogens with two attached hydrogens (primary N) is 1. The van der Waals surface area contributed by atoms with Gasteiger partial charge in [0.2, 0.25) is 0 Å². The third-order valence-corrected chi connectivity index (χ3v) is 3.02. The fourth-order valence-electron chi connectivity index (χ4n) is 1.41. The summed E-state index contributed by atoms with van der Waals surface area (Å²) in [6.07, 6.45) is 2.05. The molecule has 0 aliphatic carbocycles. The first-order chi connectivity index (χ1) is 8.28. The van der Waals surface area contributed by atoms with Gasteiger partial charge < -0.3 is 10.5 Å². The van der Waals surface area contributed by atoms with Crippen LogP contribution in [0.15, 0.2) is 47.4 Å². The molecule has 0 aliphatic heterocycles. The van der Waals surface area contributed by atoms with Gasteiger partial charge in [-0.3, -0.25) is 0 Å². The van der Waals surface area contributed by atoms with Crippen molar-refractivity contribution in [2.24, 2.45) is 0 Å². The Morgan fingerprint density at radius 1 is 1.18 bits per heavy atom. The maximum absolute atomic E-state index is 5.62. The summed E-state index contributed by atoms with van der Waals surface area (Å²) in [6.45, 7) is 0.434. The van der Waals surface area contributed by atoms with Crippen LogP contribution >= 0.6 is 11.8 Å². The third-order valence-electron chi connectivity index (χ3n) is 2.27. The Morgan fingerprint density at radius 3 is 2.59 bits per heavy atom. The van der Waals surface area contributed by atoms with Crippen LogP contribution in [0.4, 0.5) is 5.82 Å². The van der Waals surface area contributed by atoms with E-state index in [0.717, 1.165) is 11.4 Å². The lowest BCUT2D eigenvalue weighted by atomic mass is 10.3. The topological polar surface area (TPSA) is 48.1 Å². The van der Waals surface area contributed by atoms with Crippen LogP contribution < -0.4 is 10.5 Å². The van der Waals surface area contributed by atoms with Crippen molar-refractivity contribution in [2.75, 3.05) is 12.0 Å². The van der Waals surface area contributed by atoms with Crippen molar-refractivity contribution in [2.45, 2.75) is 11.5 Å². The van der Waals surface area contributed by atoms with Crippen LogP contribution in [0.5, 0.6) is 5.75 Å². The Morgan fingerprint density at radius 2 is 1.94 bits per heavy atom. The van der Waals surface area contributed by atoms with Gasteiger partial charge in [0.15, 0.2) is 0 Å². The summed E-state index contributed by atoms with van der Waals surface area (Å²) in [7, 11) is 0. The van der Waals surface area contributed by atoms with E-state index in [-0.39, 0.29) is 0 Å². The molecule has 0 saturated heterocycles. The van der Waals surface area contributed by atoms with Gasteiger partial charge >= 0.3 is 0 Å². The maximum Gasteiger partial charge on any atom is 0.130 e. The summed E-state index contributed by atoms with van der Waals surface area (Å²) in [5.74, 6) is 1.36. The van der Waals surface area contributed by atoms with Gasteiger partial charge in [-0.2, -0.15) is 0 Å². The van der Waals surface area contributed by atoms with Crippen LogP contribution in [-0.4, -0.2) is 11.2 Å². The first-order valence-electron chi connectivity index (χ1n) is 5.26. The summed E-state index contributed by atoms with van der Waals surface area (Å²) in [5.41, 5.74) is 6.43. The summed E-state index contributed by atoms with van der Waals surface area (Å²) < 4.78 is 5.62. The summed E-state index contributed by atoms with van der Waals surface area (Å²) in [5, 5.41) is 0. The number of ether oxygens (including phenoxy) is 1. The van der Waals surface area contributed by atoms with Crippen molar-refractivity contribution in [1.82, 2.24) is 4.98 Å². The van der Waals surface area contributed by atoms with Gasteiger partial charge in [0.25, 0.3) is 0 Å². The van der Waals surface area contributed by atoms with Gasteiger partial charge in [0.1, 0.15) is 18.2 Å². The Kier molecular flexibility index (Phi) is 3.88. The number of aromatic nitrogens is 1. The zero-order chi connectivity index (χ0) is 12.1. The van der Waals surface area contributed by atoms with Crippen molar-refractivity contribution < 1.29 is 4.74 Å². The van der Waals surface area contributed by atoms with E-state index < -0.39 is 0 Å². The molecule has 4 heteroatoms. The number of hydrogen-bond donors (Lipinski definition) is 1. The van der Waals surface area contributed by atoms with Gasteiger partial charge in [-0.05, 0) is 42.7 Å². The summed E-state index contributed by atoms with van der Waals surface area (Å²) in [6, 6.07) is 13.5. The van der Waals surface area contributed by atoms with E-state index in [2.05, 4.69) is 4.98 Å². The predicted octanol–water partition coefficient (Wildman–Crippen LogP) is 2.96. The molecule has 0 aliphatic rings. The van der Waals surface area contributed by atoms with Gasteiger partial charge in [0.05, 0.1) is 5.69 Å². The average Bonchev–Trinajstić information content (AvgIpc) is 2.37. The van der Waals surface area contributed by atoms with Crippen LogP contribution in [-0.2, 0) is 6.61 Å². The highest BCUT2D eigenvalue weighted by Gasteiger charge is 1.98. The zero-order valence-corrected chi connectivity index (χ0v) is 10.4. The number of pyridine rings is 1. The standard InChI is InChI=1S/C13H14N2OS/c1-17-12-7-5-11(6-8-12)16-9-10-3-2-4-13(14)15-10/h2-8H,9H2,1H3,(H2,14,15). The second kappa shape index (κ2) is 5.59. The molecule has 17 heavy (non-hydrogen) atoms. The molecule has 1 aromatic heterocycles. The first-order valence-corrected chi connectivity index (χ1v) is 6.48. The van der Waals surface area contributed by atoms with E-state index in [1.54, 1.807) is 17.8 Å². The van der Waals surface area contributed by atoms with E-state index in [4.69, 9.17) is 10.5 Å². The SMILES string of the molecule is CSc1ccc(OCc2cccc(N)n2)cc1. The van der Waals surface area contributed by atoms with Crippen LogP contribution in [0.3, 0.4) is 0 Å². The quantitative estimate of drug-likeness (QED) is 0.843. The molecule has 0 amide bonds. The molecule has 2 rings (SSSR count). The number of thioether (sulfide) groups is 1. The van der Waals surface area contributed by atoms with Gasteiger partial charge in [-0.1, -0.05) is 6.07 Å². The fourth-order valence-corrected chi connectivity index (χ4v) is 1.82. The number of rotatable bonds is 4. The number of benzene rings is 1. The summed E-state index contributed by atoms with van der Waals surface area (Å²) in [4.78, 5) is 5.39. The highest BCUT2D eigenvalue weighted by molar-refractivity contribution is 7.98. The lowest BCUT2D eigenvalue weighted by Crippen LogP contribution is -2.00. The zero-order valence-electron chi connectivity index (χ0n) is 9.59. The number of anilines is 1. The van der Waals surface area contributed by atoms with E-state index in [9.17, 15) is 0 Å². The van der Waals surface area contributed by atoms with Crippen molar-refractivity contribution in [3.05, 3.63) is 48.2 Å². The minimum Gasteiger partial charge on any atom is -0.487 e. The molecule has 0 radical (unpaired) electrons. The molecule has 0 fully saturated rings. The van der Waals surface area contributed by atoms with Crippen LogP contribution in [0.25, 0.3) is 0 Å². The van der Waals surface area contributed by atoms with Gasteiger partial charge in [-0.25, -0.2) is 4.98 Å². The van der Waals surface area contributed by atoms with E-state index in [1.165, 1.54) is 4.90 Å². The average molecular weight is 246 g/mol. The monoisotopic (exact) mass is 246 g/mol. The van der Waals surface area contributed by atoms with Crippen molar-refractivity contribution in [3.63, 3.8) is 0 Å². The van der Waals surface area contributed by atoms with Crippen molar-refractivity contribution in [1.29, 1.82) is 0 Å². The van der Waals surface area contributed by atoms with Gasteiger partial charge in [0, 0.05) is 4.90 Å². The van der Waals surface area contributed by atoms with Crippen molar-refractivity contribution in [3.8, 4) is 5.75 Å². The molecule has 0 bridgehead atoms. The molecular weight excluding hydrogens is 232 g/mol. The lowest BCUT2D eigenvalue weighted by molar-refractivity contribution is 0.301. The molecular formula is C13H14N2OS. The van der Waals surface area contributed by atoms with Crippen LogP contribution in [0, 0.1) is 0 Å². The molecule has 0 unspecified atom stereocenters. The van der Waals surface area contributed by atoms with E-state index in [0.29, 0.717) is 12.4 Å². The van der Waals surface area contributed by atoms with Crippen molar-refractivity contribution >= 4 is 17.6 Å². The largest absolute Gasteiger partial charge is 0.487 e. The molecule has 2 aromatic rings. The Balaban J connectivity index is 1.97. The molecule has 88 valence electrons. The Bertz CT molecular complexity index is 485. The number of nitrogens with zero attached hydrogens (tertiary/aromatic N) is 1. The second-order valence-electron chi connectivity index (χ2n) is 3.52. The minimum atomic E-state index is 0.434. The number of nitrogen functional groups attached to an aromatic ring is 1. The number of hydrogen-bond acceptors (Lipinski definition) is 4. The normalized spacial score (nSPS) is 10.2. The van der Waals surface area contributed by atoms with E-state index in [1.807, 2.05) is 42.7 Å². The third kappa shape index (κ3) is 3.39. The molecule has 1 heterocycles. The molecule has 0 saturated carbocycles. The van der Waals surface area contributed by atoms with Gasteiger partial charge in [-0.15, -0.1) is 11.8 Å². The highest BCUT2D eigenvalue weighted by Crippen LogP contribution is 2.19. The smallest absolute Gasteiger partial charge is 0.130 e. The fraction of sp³-hybridized carbons (Fsp3) is 0.154. The maximum atomic E-state index is 5.62. The van der Waals surface area contributed by atoms with Crippen LogP contribution in [0.2, 0.25) is 0 Å². The lowest BCUT2D eigenvalue weighted by Gasteiger charge is -2.06. The van der Waals surface area contributed by atoms with Crippen LogP contribution in [0.1, 0.15) is 5.69 Å². The molecule has 0 spiro atoms. The molecule has 2 N–H and O–H groups in total. The molecule has 0 atom stereocenters. The summed E-state index contributed by atoms with van der Waals surface area (Å²) >= 11 is 1.71. The minimum absolute atomic E-state index is 0.434. The Hall–Kier alpha value is -1.68. The highest BCUT2D eigenvalue weighted by atomic mass is 32.2. The second-order valence-corrected chi connectivity index (χ2v) is 4.40. The molecule has 3 nitrogen and oxygen atoms in total. The molecule has 1 aromatic carbocycles. The predicted molar refractivity (Wildman–Crippen MR) is 71.2 cm³/mol. The first kappa shape index (κ1) is 11.8. The van der Waals surface area contributed by atoms with E-state index >= 15 is 0 Å². The Labute approximate surface area is 105 Å².